The number of ether oxygens (including phenoxy) is 4. The van der Waals surface area contributed by atoms with E-state index in [0.717, 1.165) is 5.57 Å². The summed E-state index contributed by atoms with van der Waals surface area (Å²) in [6, 6.07) is 0. The van der Waals surface area contributed by atoms with Crippen LogP contribution >= 0.6 is 0 Å². The minimum Gasteiger partial charge on any atom is -0.394 e. The van der Waals surface area contributed by atoms with Gasteiger partial charge in [0.05, 0.1) is 19.3 Å². The number of fused-ring (bicyclic) bond motifs is 5. The Kier molecular flexibility index (Phi) is 9.87. The molecule has 0 spiro atoms. The Balaban J connectivity index is 1.11. The lowest BCUT2D eigenvalue weighted by Gasteiger charge is -2.59. The van der Waals surface area contributed by atoms with Crippen LogP contribution in [0.5, 0.6) is 0 Å². The lowest BCUT2D eigenvalue weighted by Crippen LogP contribution is -2.63. The van der Waals surface area contributed by atoms with Crippen molar-refractivity contribution in [1.29, 1.82) is 0 Å². The van der Waals surface area contributed by atoms with Crippen LogP contribution in [0.1, 0.15) is 46.0 Å². The third-order valence-electron chi connectivity index (χ3n) is 12.4. The molecule has 15 nitrogen and oxygen atoms in total. The number of carbonyl (C=O) groups is 2. The van der Waals surface area contributed by atoms with E-state index in [4.69, 9.17) is 18.9 Å². The Morgan fingerprint density at radius 1 is 0.896 bits per heavy atom. The summed E-state index contributed by atoms with van der Waals surface area (Å²) in [5.41, 5.74) is -2.38. The average Bonchev–Trinajstić information content (AvgIpc) is 3.32. The van der Waals surface area contributed by atoms with E-state index in [1.165, 1.54) is 0 Å². The molecule has 2 heterocycles. The van der Waals surface area contributed by atoms with Crippen molar-refractivity contribution in [3.8, 4) is 0 Å². The van der Waals surface area contributed by atoms with Crippen LogP contribution < -0.4 is 0 Å². The van der Waals surface area contributed by atoms with Crippen molar-refractivity contribution < 1.29 is 74.5 Å². The van der Waals surface area contributed by atoms with Crippen LogP contribution in [0.25, 0.3) is 0 Å². The standard InChI is InChI=1S/C33H48O15/c1-31-7-5-15(35)9-14(31)3-4-16-17-6-8-33(44,32(17,2)10-18(36)22(16)31)21(37)13-46-30-28(43)26(41)24(39)20(48-30)12-45-29-27(42)25(40)23(38)19(11-34)47-29/h5,7,9,16-20,22-30,34,36,38-44H,3-4,6,8,10-13H2,1-2H3/t16?,17-,18-,19?,20?,22+,23?,24?,25?,26?,27?,28?,29?,30?,31-,32-,33-/m0/s1. The van der Waals surface area contributed by atoms with Gasteiger partial charge in [-0.1, -0.05) is 25.5 Å². The first-order valence-electron chi connectivity index (χ1n) is 16.7. The summed E-state index contributed by atoms with van der Waals surface area (Å²) in [6.45, 7) is 1.88. The van der Waals surface area contributed by atoms with Crippen LogP contribution in [0.15, 0.2) is 23.8 Å². The van der Waals surface area contributed by atoms with Gasteiger partial charge in [0.1, 0.15) is 61.0 Å². The Morgan fingerprint density at radius 2 is 1.52 bits per heavy atom. The van der Waals surface area contributed by atoms with Gasteiger partial charge in [-0.2, -0.15) is 0 Å². The SMILES string of the molecule is C[C@]12C=CC(=O)C=C1CCC1[C@@H]2[C@@H](O)C[C@@]2(C)[C@H]1CC[C@]2(O)C(=O)COC1OC(COC2OC(CO)C(O)C(O)C2O)C(O)C(O)C1O. The van der Waals surface area contributed by atoms with E-state index in [1.54, 1.807) is 12.2 Å². The number of carbonyl (C=O) groups excluding carboxylic acids is 2. The molecule has 4 aliphatic carbocycles. The van der Waals surface area contributed by atoms with Crippen molar-refractivity contribution in [1.82, 2.24) is 0 Å². The van der Waals surface area contributed by atoms with Crippen molar-refractivity contribution >= 4 is 11.6 Å². The molecular formula is C33H48O15. The van der Waals surface area contributed by atoms with Gasteiger partial charge in [0.25, 0.3) is 0 Å². The van der Waals surface area contributed by atoms with Gasteiger partial charge in [-0.3, -0.25) is 9.59 Å². The van der Waals surface area contributed by atoms with Gasteiger partial charge < -0.3 is 64.9 Å². The lowest BCUT2D eigenvalue weighted by molar-refractivity contribution is -0.330. The van der Waals surface area contributed by atoms with Gasteiger partial charge >= 0.3 is 0 Å². The number of allylic oxidation sites excluding steroid dienone is 4. The van der Waals surface area contributed by atoms with Crippen molar-refractivity contribution in [2.45, 2.75) is 119 Å². The molecule has 0 amide bonds. The summed E-state index contributed by atoms with van der Waals surface area (Å²) in [6.07, 6.45) is -9.75. The summed E-state index contributed by atoms with van der Waals surface area (Å²) >= 11 is 0. The van der Waals surface area contributed by atoms with Crippen LogP contribution in [0.2, 0.25) is 0 Å². The molecule has 0 aromatic carbocycles. The maximum Gasteiger partial charge on any atom is 0.190 e. The van der Waals surface area contributed by atoms with E-state index >= 15 is 0 Å². The van der Waals surface area contributed by atoms with Gasteiger partial charge in [-0.15, -0.1) is 0 Å². The van der Waals surface area contributed by atoms with Crippen LogP contribution in [0.3, 0.4) is 0 Å². The first-order valence-corrected chi connectivity index (χ1v) is 16.7. The zero-order valence-electron chi connectivity index (χ0n) is 26.9. The van der Waals surface area contributed by atoms with E-state index < -0.39 is 110 Å². The van der Waals surface area contributed by atoms with Gasteiger partial charge in [0.15, 0.2) is 24.1 Å². The topological polar surface area (TPSA) is 253 Å². The van der Waals surface area contributed by atoms with E-state index in [-0.39, 0.29) is 36.4 Å². The minimum absolute atomic E-state index is 0.00826. The number of hydrogen-bond acceptors (Lipinski definition) is 15. The quantitative estimate of drug-likeness (QED) is 0.125. The normalized spacial score (nSPS) is 51.9. The van der Waals surface area contributed by atoms with E-state index in [0.29, 0.717) is 19.3 Å². The average molecular weight is 685 g/mol. The molecule has 15 heteroatoms. The van der Waals surface area contributed by atoms with Crippen LogP contribution in [-0.2, 0) is 28.5 Å². The van der Waals surface area contributed by atoms with Gasteiger partial charge in [-0.05, 0) is 56.1 Å². The third kappa shape index (κ3) is 5.64. The second-order valence-electron chi connectivity index (χ2n) is 14.9. The fraction of sp³-hybridized carbons (Fsp3) is 0.818. The fourth-order valence-electron chi connectivity index (χ4n) is 9.65. The molecule has 3 saturated carbocycles. The molecule has 0 radical (unpaired) electrons. The molecule has 17 atom stereocenters. The number of aliphatic hydroxyl groups is 9. The Morgan fingerprint density at radius 3 is 2.19 bits per heavy atom. The highest BCUT2D eigenvalue weighted by molar-refractivity contribution is 6.01. The third-order valence-corrected chi connectivity index (χ3v) is 12.4. The number of aliphatic hydroxyl groups excluding tert-OH is 8. The maximum absolute atomic E-state index is 13.8. The van der Waals surface area contributed by atoms with Crippen molar-refractivity contribution in [2.24, 2.45) is 28.6 Å². The minimum atomic E-state index is -1.87. The summed E-state index contributed by atoms with van der Waals surface area (Å²) in [5, 5.41) is 94.9. The molecular weight excluding hydrogens is 636 g/mol. The molecule has 9 N–H and O–H groups in total. The predicted molar refractivity (Wildman–Crippen MR) is 160 cm³/mol. The zero-order valence-corrected chi connectivity index (χ0v) is 26.9. The predicted octanol–water partition coefficient (Wildman–Crippen LogP) is -2.79. The molecule has 48 heavy (non-hydrogen) atoms. The molecule has 0 aromatic heterocycles. The van der Waals surface area contributed by atoms with Crippen LogP contribution in [0, 0.1) is 28.6 Å². The summed E-state index contributed by atoms with van der Waals surface area (Å²) < 4.78 is 22.0. The van der Waals surface area contributed by atoms with E-state index in [9.17, 15) is 55.5 Å². The first-order chi connectivity index (χ1) is 22.6. The molecule has 2 aliphatic heterocycles. The van der Waals surface area contributed by atoms with Crippen LogP contribution in [0.4, 0.5) is 0 Å². The fourth-order valence-corrected chi connectivity index (χ4v) is 9.65. The van der Waals surface area contributed by atoms with Gasteiger partial charge in [0, 0.05) is 16.7 Å². The molecule has 6 aliphatic rings. The summed E-state index contributed by atoms with van der Waals surface area (Å²) in [7, 11) is 0. The smallest absolute Gasteiger partial charge is 0.190 e. The molecule has 5 fully saturated rings. The maximum atomic E-state index is 13.8. The Hall–Kier alpha value is -1.70. The highest BCUT2D eigenvalue weighted by Crippen LogP contribution is 2.67. The molecule has 2 saturated heterocycles. The molecule has 0 aromatic rings. The molecule has 6 rings (SSSR count). The van der Waals surface area contributed by atoms with Crippen molar-refractivity contribution in [3.63, 3.8) is 0 Å². The van der Waals surface area contributed by atoms with Crippen LogP contribution in [-0.4, -0.2) is 150 Å². The summed E-state index contributed by atoms with van der Waals surface area (Å²) in [4.78, 5) is 25.9. The number of Topliss-reactive ketones (excluding diaryl/α,β-unsaturated/α-hetero) is 1. The summed E-state index contributed by atoms with van der Waals surface area (Å²) in [5.74, 6) is -1.05. The second kappa shape index (κ2) is 13.1. The largest absolute Gasteiger partial charge is 0.394 e. The highest BCUT2D eigenvalue weighted by Gasteiger charge is 2.68. The monoisotopic (exact) mass is 684 g/mol. The van der Waals surface area contributed by atoms with Crippen molar-refractivity contribution in [3.05, 3.63) is 23.8 Å². The molecule has 11 unspecified atom stereocenters. The lowest BCUT2D eigenvalue weighted by atomic mass is 9.46. The van der Waals surface area contributed by atoms with E-state index in [1.807, 2.05) is 19.9 Å². The first kappa shape index (κ1) is 36.1. The number of rotatable bonds is 8. The number of ketones is 2. The van der Waals surface area contributed by atoms with Gasteiger partial charge in [-0.25, -0.2) is 0 Å². The molecule has 0 bridgehead atoms. The van der Waals surface area contributed by atoms with Gasteiger partial charge in [0.2, 0.25) is 0 Å². The molecule has 270 valence electrons. The second-order valence-corrected chi connectivity index (χ2v) is 14.9. The van der Waals surface area contributed by atoms with E-state index in [2.05, 4.69) is 0 Å². The number of hydrogen-bond donors (Lipinski definition) is 9. The Bertz CT molecular complexity index is 1300. The Labute approximate surface area is 277 Å². The van der Waals surface area contributed by atoms with Crippen molar-refractivity contribution in [2.75, 3.05) is 19.8 Å². The highest BCUT2D eigenvalue weighted by atomic mass is 16.7. The zero-order chi connectivity index (χ0) is 34.9.